The minimum absolute atomic E-state index is 0.149. The molecule has 28 heavy (non-hydrogen) atoms. The van der Waals surface area contributed by atoms with Crippen LogP contribution in [0.15, 0.2) is 12.2 Å². The fraction of sp³-hybridized carbons (Fsp3) is 0.783. The Morgan fingerprint density at radius 1 is 1.11 bits per heavy atom. The van der Waals surface area contributed by atoms with Crippen molar-refractivity contribution < 1.29 is 25.2 Å². The second-order valence-electron chi connectivity index (χ2n) is 8.44. The first-order valence-electron chi connectivity index (χ1n) is 10.9. The lowest BCUT2D eigenvalue weighted by molar-refractivity contribution is -0.137. The van der Waals surface area contributed by atoms with Crippen LogP contribution in [0.4, 0.5) is 0 Å². The first kappa shape index (κ1) is 22.9. The number of carboxylic acids is 1. The van der Waals surface area contributed by atoms with E-state index in [4.69, 9.17) is 5.11 Å². The quantitative estimate of drug-likeness (QED) is 0.274. The molecule has 5 heteroatoms. The lowest BCUT2D eigenvalue weighted by Crippen LogP contribution is -2.21. The van der Waals surface area contributed by atoms with Crippen LogP contribution in [0.2, 0.25) is 0 Å². The Hall–Kier alpha value is -1.35. The SMILES string of the molecule is O=C(O)CCC/C=C\C[C@@H]1C(C#C[C@@H](O)CCC2CCCCC2)[C@H](O)C[C@@H]1O. The highest BCUT2D eigenvalue weighted by Gasteiger charge is 2.40. The Kier molecular flexibility index (Phi) is 10.0. The summed E-state index contributed by atoms with van der Waals surface area (Å²) in [6.45, 7) is 0. The van der Waals surface area contributed by atoms with Crippen LogP contribution >= 0.6 is 0 Å². The smallest absolute Gasteiger partial charge is 0.303 e. The molecule has 2 aliphatic carbocycles. The number of hydrogen-bond acceptors (Lipinski definition) is 4. The van der Waals surface area contributed by atoms with Crippen molar-refractivity contribution in [2.75, 3.05) is 0 Å². The molecule has 0 aromatic rings. The van der Waals surface area contributed by atoms with Gasteiger partial charge in [-0.3, -0.25) is 4.79 Å². The number of carboxylic acid groups (broad SMARTS) is 1. The van der Waals surface area contributed by atoms with Crippen molar-refractivity contribution in [2.24, 2.45) is 17.8 Å². The first-order valence-corrected chi connectivity index (χ1v) is 10.9. The largest absolute Gasteiger partial charge is 0.481 e. The Morgan fingerprint density at radius 2 is 1.86 bits per heavy atom. The van der Waals surface area contributed by atoms with Gasteiger partial charge in [-0.2, -0.15) is 0 Å². The number of hydrogen-bond donors (Lipinski definition) is 4. The highest BCUT2D eigenvalue weighted by Crippen LogP contribution is 2.35. The van der Waals surface area contributed by atoms with Gasteiger partial charge in [0, 0.05) is 18.8 Å². The highest BCUT2D eigenvalue weighted by atomic mass is 16.4. The van der Waals surface area contributed by atoms with Gasteiger partial charge in [0.1, 0.15) is 6.10 Å². The molecule has 0 amide bonds. The maximum atomic E-state index is 10.5. The molecule has 4 N–H and O–H groups in total. The standard InChI is InChI=1S/C23H36O5/c24-18(13-12-17-8-4-3-5-9-17)14-15-20-19(21(25)16-22(20)26)10-6-1-2-7-11-23(27)28/h1,6,17-22,24-26H,2-5,7-13,16H2,(H,27,28)/b6-1-/t18-,19+,20?,21-,22+/m0/s1. The van der Waals surface area contributed by atoms with Gasteiger partial charge in [-0.15, -0.1) is 0 Å². The normalized spacial score (nSPS) is 29.5. The van der Waals surface area contributed by atoms with E-state index in [2.05, 4.69) is 11.8 Å². The molecule has 0 spiro atoms. The third kappa shape index (κ3) is 7.95. The molecule has 0 saturated heterocycles. The van der Waals surface area contributed by atoms with Gasteiger partial charge < -0.3 is 20.4 Å². The van der Waals surface area contributed by atoms with Crippen molar-refractivity contribution in [3.63, 3.8) is 0 Å². The molecule has 2 saturated carbocycles. The molecule has 2 fully saturated rings. The number of aliphatic carboxylic acids is 1. The number of allylic oxidation sites excluding steroid dienone is 2. The summed E-state index contributed by atoms with van der Waals surface area (Å²) in [5, 5.41) is 39.3. The fourth-order valence-corrected chi connectivity index (χ4v) is 4.48. The summed E-state index contributed by atoms with van der Waals surface area (Å²) in [6, 6.07) is 0. The number of aliphatic hydroxyl groups is 3. The van der Waals surface area contributed by atoms with Crippen molar-refractivity contribution in [2.45, 2.75) is 95.4 Å². The lowest BCUT2D eigenvalue weighted by Gasteiger charge is -2.21. The van der Waals surface area contributed by atoms with Gasteiger partial charge >= 0.3 is 5.97 Å². The summed E-state index contributed by atoms with van der Waals surface area (Å²) in [4.78, 5) is 10.5. The van der Waals surface area contributed by atoms with Crippen LogP contribution < -0.4 is 0 Å². The third-order valence-electron chi connectivity index (χ3n) is 6.18. The van der Waals surface area contributed by atoms with E-state index in [-0.39, 0.29) is 18.3 Å². The Labute approximate surface area is 168 Å². The molecule has 0 heterocycles. The monoisotopic (exact) mass is 392 g/mol. The maximum Gasteiger partial charge on any atom is 0.303 e. The fourth-order valence-electron chi connectivity index (χ4n) is 4.48. The molecule has 2 rings (SSSR count). The molecular weight excluding hydrogens is 356 g/mol. The lowest BCUT2D eigenvalue weighted by atomic mass is 9.85. The van der Waals surface area contributed by atoms with E-state index in [0.29, 0.717) is 38.0 Å². The van der Waals surface area contributed by atoms with E-state index in [1.54, 1.807) is 0 Å². The van der Waals surface area contributed by atoms with E-state index in [0.717, 1.165) is 6.42 Å². The van der Waals surface area contributed by atoms with Crippen molar-refractivity contribution in [3.8, 4) is 11.8 Å². The van der Waals surface area contributed by atoms with E-state index < -0.39 is 24.3 Å². The number of unbranched alkanes of at least 4 members (excludes halogenated alkanes) is 1. The average Bonchev–Trinajstić information content (AvgIpc) is 2.94. The van der Waals surface area contributed by atoms with Gasteiger partial charge in [-0.1, -0.05) is 56.1 Å². The topological polar surface area (TPSA) is 98.0 Å². The van der Waals surface area contributed by atoms with Crippen LogP contribution in [0.5, 0.6) is 0 Å². The van der Waals surface area contributed by atoms with Gasteiger partial charge in [-0.25, -0.2) is 0 Å². The Morgan fingerprint density at radius 3 is 2.57 bits per heavy atom. The molecular formula is C23H36O5. The average molecular weight is 393 g/mol. The predicted octanol–water partition coefficient (Wildman–Crippen LogP) is 3.27. The van der Waals surface area contributed by atoms with Crippen LogP contribution in [0.25, 0.3) is 0 Å². The highest BCUT2D eigenvalue weighted by molar-refractivity contribution is 5.66. The molecule has 0 aromatic carbocycles. The second kappa shape index (κ2) is 12.3. The van der Waals surface area contributed by atoms with Crippen molar-refractivity contribution >= 4 is 5.97 Å². The van der Waals surface area contributed by atoms with Gasteiger partial charge in [0.05, 0.1) is 18.1 Å². The zero-order valence-corrected chi connectivity index (χ0v) is 16.8. The summed E-state index contributed by atoms with van der Waals surface area (Å²) in [6.07, 6.45) is 12.4. The van der Waals surface area contributed by atoms with E-state index in [1.807, 2.05) is 12.2 Å². The molecule has 0 bridgehead atoms. The summed E-state index contributed by atoms with van der Waals surface area (Å²) < 4.78 is 0. The van der Waals surface area contributed by atoms with Crippen LogP contribution in [0.3, 0.4) is 0 Å². The summed E-state index contributed by atoms with van der Waals surface area (Å²) in [5.41, 5.74) is 0. The molecule has 2 aliphatic rings. The first-order chi connectivity index (χ1) is 13.5. The number of carbonyl (C=O) groups is 1. The summed E-state index contributed by atoms with van der Waals surface area (Å²) >= 11 is 0. The Bertz CT molecular complexity index is 555. The molecule has 5 atom stereocenters. The van der Waals surface area contributed by atoms with E-state index in [9.17, 15) is 20.1 Å². The zero-order valence-electron chi connectivity index (χ0n) is 16.8. The minimum atomic E-state index is -0.792. The van der Waals surface area contributed by atoms with Crippen molar-refractivity contribution in [1.82, 2.24) is 0 Å². The summed E-state index contributed by atoms with van der Waals surface area (Å²) in [5.74, 6) is 5.40. The molecule has 158 valence electrons. The Balaban J connectivity index is 1.79. The van der Waals surface area contributed by atoms with Crippen molar-refractivity contribution in [3.05, 3.63) is 12.2 Å². The predicted molar refractivity (Wildman–Crippen MR) is 108 cm³/mol. The number of rotatable bonds is 9. The van der Waals surface area contributed by atoms with Crippen LogP contribution in [-0.2, 0) is 4.79 Å². The van der Waals surface area contributed by atoms with E-state index >= 15 is 0 Å². The van der Waals surface area contributed by atoms with Crippen LogP contribution in [-0.4, -0.2) is 44.7 Å². The minimum Gasteiger partial charge on any atom is -0.481 e. The second-order valence-corrected chi connectivity index (χ2v) is 8.44. The van der Waals surface area contributed by atoms with Crippen LogP contribution in [0, 0.1) is 29.6 Å². The molecule has 0 aliphatic heterocycles. The third-order valence-corrected chi connectivity index (χ3v) is 6.18. The molecule has 1 unspecified atom stereocenters. The van der Waals surface area contributed by atoms with Gasteiger partial charge in [0.25, 0.3) is 0 Å². The van der Waals surface area contributed by atoms with Gasteiger partial charge in [0.15, 0.2) is 0 Å². The zero-order chi connectivity index (χ0) is 20.4. The molecule has 0 radical (unpaired) electrons. The van der Waals surface area contributed by atoms with Crippen LogP contribution in [0.1, 0.15) is 77.0 Å². The van der Waals surface area contributed by atoms with Crippen molar-refractivity contribution in [1.29, 1.82) is 0 Å². The van der Waals surface area contributed by atoms with E-state index in [1.165, 1.54) is 32.1 Å². The molecule has 5 nitrogen and oxygen atoms in total. The number of aliphatic hydroxyl groups excluding tert-OH is 3. The maximum absolute atomic E-state index is 10.5. The summed E-state index contributed by atoms with van der Waals surface area (Å²) in [7, 11) is 0. The molecule has 0 aromatic heterocycles. The van der Waals surface area contributed by atoms with Gasteiger partial charge in [-0.05, 0) is 38.0 Å². The van der Waals surface area contributed by atoms with Gasteiger partial charge in [0.2, 0.25) is 0 Å².